The second-order valence-electron chi connectivity index (χ2n) is 8.11. The molecular weight excluding hydrogens is 422 g/mol. The molecular formula is C29H25N3O2. The number of nitriles is 2. The summed E-state index contributed by atoms with van der Waals surface area (Å²) < 4.78 is 12.3. The summed E-state index contributed by atoms with van der Waals surface area (Å²) in [4.78, 5) is 0. The van der Waals surface area contributed by atoms with Gasteiger partial charge in [-0.15, -0.1) is 0 Å². The molecule has 0 atom stereocenters. The third kappa shape index (κ3) is 4.95. The Morgan fingerprint density at radius 2 is 1.21 bits per heavy atom. The lowest BCUT2D eigenvalue weighted by molar-refractivity contribution is 0.255. The average molecular weight is 448 g/mol. The molecule has 0 amide bonds. The Kier molecular flexibility index (Phi) is 6.96. The number of ether oxygens (including phenoxy) is 2. The number of nitrogens with zero attached hydrogens (tertiary/aromatic N) is 2. The Labute approximate surface area is 200 Å². The van der Waals surface area contributed by atoms with Crippen LogP contribution in [0.5, 0.6) is 11.5 Å². The van der Waals surface area contributed by atoms with Crippen molar-refractivity contribution < 1.29 is 9.47 Å². The third-order valence-corrected chi connectivity index (χ3v) is 5.78. The molecule has 0 fully saturated rings. The van der Waals surface area contributed by atoms with E-state index in [0.29, 0.717) is 35.9 Å². The summed E-state index contributed by atoms with van der Waals surface area (Å²) >= 11 is 0. The molecule has 0 aromatic heterocycles. The second kappa shape index (κ2) is 10.4. The lowest BCUT2D eigenvalue weighted by atomic mass is 9.81. The van der Waals surface area contributed by atoms with Gasteiger partial charge in [0.25, 0.3) is 0 Å². The van der Waals surface area contributed by atoms with Crippen molar-refractivity contribution in [2.45, 2.75) is 33.0 Å². The molecule has 168 valence electrons. The van der Waals surface area contributed by atoms with Gasteiger partial charge in [0, 0.05) is 11.4 Å². The van der Waals surface area contributed by atoms with Crippen LogP contribution in [0.15, 0.2) is 101 Å². The maximum Gasteiger partial charge on any atom is 0.162 e. The summed E-state index contributed by atoms with van der Waals surface area (Å²) in [5.74, 6) is 0.718. The first-order valence-electron chi connectivity index (χ1n) is 11.1. The van der Waals surface area contributed by atoms with Crippen LogP contribution in [0.2, 0.25) is 0 Å². The molecule has 34 heavy (non-hydrogen) atoms. The number of hydrogen-bond acceptors (Lipinski definition) is 5. The lowest BCUT2D eigenvalue weighted by Crippen LogP contribution is -2.23. The van der Waals surface area contributed by atoms with E-state index in [1.54, 1.807) is 0 Å². The maximum absolute atomic E-state index is 9.84. The summed E-state index contributed by atoms with van der Waals surface area (Å²) in [6.07, 6.45) is 0. The molecule has 1 heterocycles. The fraction of sp³-hybridized carbons (Fsp3) is 0.172. The van der Waals surface area contributed by atoms with E-state index in [4.69, 9.17) is 9.47 Å². The first-order valence-corrected chi connectivity index (χ1v) is 11.1. The molecule has 1 aliphatic rings. The summed E-state index contributed by atoms with van der Waals surface area (Å²) in [6.45, 7) is 4.49. The Morgan fingerprint density at radius 3 is 1.71 bits per heavy atom. The van der Waals surface area contributed by atoms with Gasteiger partial charge in [0.1, 0.15) is 13.2 Å². The zero-order chi connectivity index (χ0) is 23.9. The third-order valence-electron chi connectivity index (χ3n) is 5.78. The first kappa shape index (κ1) is 22.7. The van der Waals surface area contributed by atoms with E-state index in [2.05, 4.69) is 17.5 Å². The van der Waals surface area contributed by atoms with E-state index in [1.165, 1.54) is 0 Å². The maximum atomic E-state index is 9.84. The molecule has 3 aromatic rings. The fourth-order valence-electron chi connectivity index (χ4n) is 4.03. The van der Waals surface area contributed by atoms with Crippen molar-refractivity contribution in [2.75, 3.05) is 0 Å². The highest BCUT2D eigenvalue weighted by Gasteiger charge is 2.30. The molecule has 0 spiro atoms. The van der Waals surface area contributed by atoms with Crippen LogP contribution in [-0.4, -0.2) is 0 Å². The molecule has 0 aliphatic carbocycles. The van der Waals surface area contributed by atoms with Crippen molar-refractivity contribution in [1.29, 1.82) is 10.5 Å². The van der Waals surface area contributed by atoms with Crippen LogP contribution < -0.4 is 14.8 Å². The van der Waals surface area contributed by atoms with Crippen molar-refractivity contribution in [3.8, 4) is 23.6 Å². The van der Waals surface area contributed by atoms with E-state index in [-0.39, 0.29) is 0 Å². The van der Waals surface area contributed by atoms with Crippen LogP contribution in [0.4, 0.5) is 0 Å². The Balaban J connectivity index is 1.70. The van der Waals surface area contributed by atoms with E-state index in [0.717, 1.165) is 28.1 Å². The van der Waals surface area contributed by atoms with Crippen LogP contribution >= 0.6 is 0 Å². The van der Waals surface area contributed by atoms with Crippen molar-refractivity contribution in [1.82, 2.24) is 5.32 Å². The molecule has 5 heteroatoms. The number of allylic oxidation sites excluding steroid dienone is 4. The van der Waals surface area contributed by atoms with E-state index >= 15 is 0 Å². The predicted molar refractivity (Wildman–Crippen MR) is 130 cm³/mol. The van der Waals surface area contributed by atoms with Crippen LogP contribution in [0.1, 0.15) is 36.5 Å². The van der Waals surface area contributed by atoms with Gasteiger partial charge in [0.15, 0.2) is 11.5 Å². The smallest absolute Gasteiger partial charge is 0.162 e. The second-order valence-corrected chi connectivity index (χ2v) is 8.11. The van der Waals surface area contributed by atoms with Gasteiger partial charge < -0.3 is 14.8 Å². The van der Waals surface area contributed by atoms with Gasteiger partial charge >= 0.3 is 0 Å². The molecule has 0 unspecified atom stereocenters. The monoisotopic (exact) mass is 447 g/mol. The molecule has 0 saturated heterocycles. The zero-order valence-electron chi connectivity index (χ0n) is 19.2. The van der Waals surface area contributed by atoms with Gasteiger partial charge in [-0.05, 0) is 42.7 Å². The lowest BCUT2D eigenvalue weighted by Gasteiger charge is -2.26. The number of rotatable bonds is 7. The van der Waals surface area contributed by atoms with Crippen molar-refractivity contribution in [2.24, 2.45) is 0 Å². The van der Waals surface area contributed by atoms with Gasteiger partial charge in [0.05, 0.1) is 29.2 Å². The minimum absolute atomic E-state index is 0.373. The molecule has 1 N–H and O–H groups in total. The number of benzene rings is 3. The average Bonchev–Trinajstić information content (AvgIpc) is 2.87. The number of dihydropyridines is 1. The zero-order valence-corrected chi connectivity index (χ0v) is 19.2. The predicted octanol–water partition coefficient (Wildman–Crippen LogP) is 6.13. The van der Waals surface area contributed by atoms with Crippen LogP contribution in [-0.2, 0) is 13.2 Å². The van der Waals surface area contributed by atoms with Crippen LogP contribution in [0.3, 0.4) is 0 Å². The van der Waals surface area contributed by atoms with Gasteiger partial charge in [0.2, 0.25) is 0 Å². The fourth-order valence-corrected chi connectivity index (χ4v) is 4.03. The standard InChI is InChI=1S/C29H25N3O2/c1-20-25(16-30)29(26(17-31)21(2)32-20)24-13-14-27(33-18-22-9-5-3-6-10-22)28(15-24)34-19-23-11-7-4-8-12-23/h3-15,29,32H,18-19H2,1-2H3. The van der Waals surface area contributed by atoms with E-state index in [1.807, 2.05) is 92.7 Å². The summed E-state index contributed by atoms with van der Waals surface area (Å²) in [6, 6.07) is 30.0. The number of nitrogens with one attached hydrogen (secondary N) is 1. The van der Waals surface area contributed by atoms with Crippen LogP contribution in [0.25, 0.3) is 0 Å². The minimum atomic E-state index is -0.460. The normalized spacial score (nSPS) is 13.6. The highest BCUT2D eigenvalue weighted by molar-refractivity contribution is 5.57. The molecule has 4 rings (SSSR count). The Bertz CT molecular complexity index is 1280. The summed E-state index contributed by atoms with van der Waals surface area (Å²) in [5.41, 5.74) is 5.44. The van der Waals surface area contributed by atoms with E-state index in [9.17, 15) is 10.5 Å². The molecule has 3 aromatic carbocycles. The minimum Gasteiger partial charge on any atom is -0.485 e. The van der Waals surface area contributed by atoms with Gasteiger partial charge in [-0.1, -0.05) is 66.7 Å². The SMILES string of the molecule is CC1=C(C#N)C(c2ccc(OCc3ccccc3)c(OCc3ccccc3)c2)C(C#N)=C(C)N1. The highest BCUT2D eigenvalue weighted by atomic mass is 16.5. The topological polar surface area (TPSA) is 78.1 Å². The molecule has 1 aliphatic heterocycles. The van der Waals surface area contributed by atoms with Crippen molar-refractivity contribution in [3.63, 3.8) is 0 Å². The van der Waals surface area contributed by atoms with Gasteiger partial charge in [-0.3, -0.25) is 0 Å². The van der Waals surface area contributed by atoms with Crippen LogP contribution in [0, 0.1) is 22.7 Å². The molecule has 0 radical (unpaired) electrons. The quantitative estimate of drug-likeness (QED) is 0.472. The molecule has 0 saturated carbocycles. The Morgan fingerprint density at radius 1 is 0.706 bits per heavy atom. The van der Waals surface area contributed by atoms with E-state index < -0.39 is 5.92 Å². The summed E-state index contributed by atoms with van der Waals surface area (Å²) in [5, 5.41) is 22.8. The van der Waals surface area contributed by atoms with Crippen molar-refractivity contribution >= 4 is 0 Å². The summed E-state index contributed by atoms with van der Waals surface area (Å²) in [7, 11) is 0. The number of hydrogen-bond donors (Lipinski definition) is 1. The molecule has 5 nitrogen and oxygen atoms in total. The molecule has 0 bridgehead atoms. The first-order chi connectivity index (χ1) is 16.6. The van der Waals surface area contributed by atoms with Gasteiger partial charge in [-0.2, -0.15) is 10.5 Å². The largest absolute Gasteiger partial charge is 0.485 e. The van der Waals surface area contributed by atoms with Crippen molar-refractivity contribution in [3.05, 3.63) is 118 Å². The Hall–Kier alpha value is -4.48. The highest BCUT2D eigenvalue weighted by Crippen LogP contribution is 2.41. The van der Waals surface area contributed by atoms with Gasteiger partial charge in [-0.25, -0.2) is 0 Å².